The number of benzene rings is 1. The molecule has 1 aromatic carbocycles. The highest BCUT2D eigenvalue weighted by Gasteiger charge is 2.34. The van der Waals surface area contributed by atoms with Gasteiger partial charge in [-0.1, -0.05) is 23.2 Å². The van der Waals surface area contributed by atoms with Gasteiger partial charge in [-0.3, -0.25) is 14.7 Å². The van der Waals surface area contributed by atoms with Gasteiger partial charge in [0.2, 0.25) is 0 Å². The number of hydrogen-bond donors (Lipinski definition) is 2. The van der Waals surface area contributed by atoms with Crippen molar-refractivity contribution in [2.75, 3.05) is 31.7 Å². The molecule has 2 aliphatic heterocycles. The van der Waals surface area contributed by atoms with E-state index in [-0.39, 0.29) is 34.8 Å². The molecule has 3 aromatic rings. The molecule has 1 fully saturated rings. The first-order valence-electron chi connectivity index (χ1n) is 10.5. The summed E-state index contributed by atoms with van der Waals surface area (Å²) >= 11 is 12.9. The summed E-state index contributed by atoms with van der Waals surface area (Å²) < 4.78 is 38.9. The van der Waals surface area contributed by atoms with Crippen LogP contribution in [0, 0.1) is 0 Å². The zero-order valence-corrected chi connectivity index (χ0v) is 19.1. The van der Waals surface area contributed by atoms with Crippen LogP contribution in [0.1, 0.15) is 5.69 Å². The molecule has 2 N–H and O–H groups in total. The smallest absolute Gasteiger partial charge is 0.315 e. The highest BCUT2D eigenvalue weighted by molar-refractivity contribution is 6.46. The lowest BCUT2D eigenvalue weighted by atomic mass is 10.0. The fourth-order valence-electron chi connectivity index (χ4n) is 4.43. The monoisotopic (exact) mass is 513 g/mol. The molecule has 0 bridgehead atoms. The highest BCUT2D eigenvalue weighted by atomic mass is 35.5. The maximum Gasteiger partial charge on any atom is 0.315 e. The largest absolute Gasteiger partial charge is 0.376 e. The van der Waals surface area contributed by atoms with E-state index in [1.807, 2.05) is 4.57 Å². The number of carbonyl (C=O) groups excluding carboxylic acids is 2. The van der Waals surface area contributed by atoms with Crippen molar-refractivity contribution < 1.29 is 27.8 Å². The third-order valence-corrected chi connectivity index (χ3v) is 6.69. The Morgan fingerprint density at radius 3 is 2.76 bits per heavy atom. The van der Waals surface area contributed by atoms with Crippen LogP contribution in [0.5, 0.6) is 0 Å². The van der Waals surface area contributed by atoms with Crippen LogP contribution in [0.2, 0.25) is 10.0 Å². The van der Waals surface area contributed by atoms with E-state index in [0.29, 0.717) is 54.0 Å². The zero-order valence-electron chi connectivity index (χ0n) is 17.6. The number of alkyl halides is 2. The number of hydrogen-bond acceptors (Lipinski definition) is 5. The zero-order chi connectivity index (χ0) is 24.0. The van der Waals surface area contributed by atoms with Gasteiger partial charge >= 0.3 is 6.43 Å². The second-order valence-corrected chi connectivity index (χ2v) is 8.67. The molecule has 0 spiro atoms. The van der Waals surface area contributed by atoms with Gasteiger partial charge in [0.1, 0.15) is 0 Å². The van der Waals surface area contributed by atoms with E-state index in [9.17, 15) is 18.4 Å². The third kappa shape index (κ3) is 3.92. The summed E-state index contributed by atoms with van der Waals surface area (Å²) in [6.45, 7) is 1.89. The van der Waals surface area contributed by atoms with Gasteiger partial charge in [-0.05, 0) is 6.07 Å². The van der Waals surface area contributed by atoms with Crippen molar-refractivity contribution in [1.29, 1.82) is 0 Å². The molecule has 13 heteroatoms. The molecule has 180 valence electrons. The average molecular weight is 514 g/mol. The van der Waals surface area contributed by atoms with Crippen LogP contribution in [-0.2, 0) is 32.2 Å². The normalized spacial score (nSPS) is 18.4. The average Bonchev–Trinajstić information content (AvgIpc) is 3.48. The quantitative estimate of drug-likeness (QED) is 0.557. The van der Waals surface area contributed by atoms with Gasteiger partial charge in [-0.15, -0.1) is 0 Å². The summed E-state index contributed by atoms with van der Waals surface area (Å²) in [6, 6.07) is 1.35. The van der Waals surface area contributed by atoms with Crippen molar-refractivity contribution in [2.24, 2.45) is 0 Å². The van der Waals surface area contributed by atoms with Gasteiger partial charge in [0.15, 0.2) is 6.10 Å². The second-order valence-electron chi connectivity index (χ2n) is 7.89. The lowest BCUT2D eigenvalue weighted by Crippen LogP contribution is -2.47. The van der Waals surface area contributed by atoms with Crippen LogP contribution in [0.4, 0.5) is 14.5 Å². The van der Waals surface area contributed by atoms with E-state index < -0.39 is 18.4 Å². The molecule has 0 radical (unpaired) electrons. The predicted molar refractivity (Wildman–Crippen MR) is 120 cm³/mol. The SMILES string of the molecule is O=C(Nc1cc(Cl)c(Cl)c2c1c(-c1cn[nH]c1)c1n2CCN(C(=O)[C@@H]2COCCO2)C1)C(F)F. The summed E-state index contributed by atoms with van der Waals surface area (Å²) in [5, 5.41) is 9.75. The number of carbonyl (C=O) groups is 2. The lowest BCUT2D eigenvalue weighted by Gasteiger charge is -2.33. The van der Waals surface area contributed by atoms with Crippen molar-refractivity contribution in [3.8, 4) is 11.1 Å². The molecule has 1 saturated heterocycles. The maximum absolute atomic E-state index is 13.1. The van der Waals surface area contributed by atoms with Crippen LogP contribution in [-0.4, -0.2) is 70.4 Å². The first-order chi connectivity index (χ1) is 16.4. The second kappa shape index (κ2) is 9.14. The topological polar surface area (TPSA) is 101 Å². The summed E-state index contributed by atoms with van der Waals surface area (Å²) in [7, 11) is 0. The van der Waals surface area contributed by atoms with Crippen LogP contribution < -0.4 is 5.32 Å². The molecule has 2 amide bonds. The Bertz CT molecular complexity index is 1260. The van der Waals surface area contributed by atoms with Gasteiger partial charge in [0.25, 0.3) is 11.8 Å². The Labute approximate surface area is 201 Å². The Morgan fingerprint density at radius 1 is 1.26 bits per heavy atom. The van der Waals surface area contributed by atoms with E-state index in [2.05, 4.69) is 15.5 Å². The number of halogens is 4. The Morgan fingerprint density at radius 2 is 2.09 bits per heavy atom. The van der Waals surface area contributed by atoms with E-state index in [0.717, 1.165) is 0 Å². The minimum absolute atomic E-state index is 0.0923. The molecule has 9 nitrogen and oxygen atoms in total. The van der Waals surface area contributed by atoms with E-state index >= 15 is 0 Å². The fourth-order valence-corrected chi connectivity index (χ4v) is 4.88. The molecule has 0 aliphatic carbocycles. The van der Waals surface area contributed by atoms with Gasteiger partial charge in [0.05, 0.1) is 53.8 Å². The number of H-pyrrole nitrogens is 1. The summed E-state index contributed by atoms with van der Waals surface area (Å²) in [4.78, 5) is 26.6. The number of ether oxygens (including phenoxy) is 2. The molecule has 0 unspecified atom stereocenters. The molecule has 34 heavy (non-hydrogen) atoms. The van der Waals surface area contributed by atoms with E-state index in [1.165, 1.54) is 6.07 Å². The number of anilines is 1. The number of fused-ring (bicyclic) bond motifs is 3. The minimum Gasteiger partial charge on any atom is -0.376 e. The van der Waals surface area contributed by atoms with Crippen molar-refractivity contribution in [2.45, 2.75) is 25.6 Å². The molecular formula is C21H19Cl2F2N5O4. The molecule has 1 atom stereocenters. The summed E-state index contributed by atoms with van der Waals surface area (Å²) in [5.74, 6) is -1.67. The number of amides is 2. The fraction of sp³-hybridized carbons (Fsp3) is 0.381. The number of rotatable bonds is 4. The standard InChI is InChI=1S/C21H19Cl2F2N5O4/c22-11-5-12(28-20(31)19(24)25)16-15(10-6-26-27-7-10)13-8-29(1-2-30(13)18(16)17(11)23)21(32)14-9-33-3-4-34-14/h5-7,14,19H,1-4,8-9H2,(H,26,27)(H,28,31)/t14-/m0/s1. The number of nitrogens with zero attached hydrogens (tertiary/aromatic N) is 3. The number of aromatic nitrogens is 3. The van der Waals surface area contributed by atoms with Gasteiger partial charge in [-0.25, -0.2) is 0 Å². The predicted octanol–water partition coefficient (Wildman–Crippen LogP) is 3.30. The first-order valence-corrected chi connectivity index (χ1v) is 11.2. The highest BCUT2D eigenvalue weighted by Crippen LogP contribution is 2.46. The van der Waals surface area contributed by atoms with Crippen molar-refractivity contribution in [3.05, 3.63) is 34.2 Å². The van der Waals surface area contributed by atoms with Gasteiger partial charge in [-0.2, -0.15) is 13.9 Å². The Balaban J connectivity index is 1.66. The Kier molecular flexibility index (Phi) is 6.19. The molecule has 5 rings (SSSR count). The van der Waals surface area contributed by atoms with Crippen LogP contribution in [0.3, 0.4) is 0 Å². The Hall–Kier alpha value is -2.73. The molecule has 0 saturated carbocycles. The van der Waals surface area contributed by atoms with Gasteiger partial charge < -0.3 is 24.3 Å². The molecule has 2 aliphatic rings. The summed E-state index contributed by atoms with van der Waals surface area (Å²) in [5.41, 5.74) is 2.51. The van der Waals surface area contributed by atoms with E-state index in [1.54, 1.807) is 17.3 Å². The van der Waals surface area contributed by atoms with Crippen LogP contribution in [0.25, 0.3) is 22.0 Å². The number of aromatic amines is 1. The van der Waals surface area contributed by atoms with Crippen molar-refractivity contribution in [3.63, 3.8) is 0 Å². The molecule has 4 heterocycles. The number of nitrogens with one attached hydrogen (secondary N) is 2. The maximum atomic E-state index is 13.1. The third-order valence-electron chi connectivity index (χ3n) is 5.91. The van der Waals surface area contributed by atoms with Crippen molar-refractivity contribution in [1.82, 2.24) is 19.7 Å². The first kappa shape index (κ1) is 23.0. The van der Waals surface area contributed by atoms with Gasteiger partial charge in [0, 0.05) is 41.5 Å². The molecule has 2 aromatic heterocycles. The minimum atomic E-state index is -3.22. The molecular weight excluding hydrogens is 495 g/mol. The van der Waals surface area contributed by atoms with E-state index in [4.69, 9.17) is 32.7 Å². The lowest BCUT2D eigenvalue weighted by molar-refractivity contribution is -0.159. The summed E-state index contributed by atoms with van der Waals surface area (Å²) in [6.07, 6.45) is -0.711. The van der Waals surface area contributed by atoms with Crippen LogP contribution >= 0.6 is 23.2 Å². The van der Waals surface area contributed by atoms with Crippen LogP contribution in [0.15, 0.2) is 18.5 Å². The van der Waals surface area contributed by atoms with Crippen molar-refractivity contribution >= 4 is 51.6 Å².